The fourth-order valence-corrected chi connectivity index (χ4v) is 2.98. The second-order valence-electron chi connectivity index (χ2n) is 6.01. The van der Waals surface area contributed by atoms with E-state index < -0.39 is 0 Å². The van der Waals surface area contributed by atoms with E-state index in [1.54, 1.807) is 0 Å². The maximum absolute atomic E-state index is 12.2. The average Bonchev–Trinajstić information content (AvgIpc) is 2.43. The molecule has 2 aliphatic rings. The van der Waals surface area contributed by atoms with Crippen molar-refractivity contribution in [3.05, 3.63) is 0 Å². The minimum atomic E-state index is -0.249. The molecule has 0 spiro atoms. The van der Waals surface area contributed by atoms with Gasteiger partial charge in [-0.1, -0.05) is 6.92 Å². The van der Waals surface area contributed by atoms with Gasteiger partial charge in [0.1, 0.15) is 6.10 Å². The largest absolute Gasteiger partial charge is 0.368 e. The van der Waals surface area contributed by atoms with E-state index in [0.29, 0.717) is 13.2 Å². The fourth-order valence-electron chi connectivity index (χ4n) is 2.98. The summed E-state index contributed by atoms with van der Waals surface area (Å²) in [6, 6.07) is 0. The molecule has 1 aliphatic heterocycles. The highest BCUT2D eigenvalue weighted by molar-refractivity contribution is 5.81. The van der Waals surface area contributed by atoms with Crippen molar-refractivity contribution in [1.29, 1.82) is 0 Å². The molecule has 3 N–H and O–H groups in total. The van der Waals surface area contributed by atoms with Gasteiger partial charge in [-0.3, -0.25) is 4.79 Å². The Morgan fingerprint density at radius 1 is 1.33 bits per heavy atom. The van der Waals surface area contributed by atoms with Crippen molar-refractivity contribution in [3.63, 3.8) is 0 Å². The van der Waals surface area contributed by atoms with Crippen LogP contribution in [0.4, 0.5) is 0 Å². The number of ether oxygens (including phenoxy) is 1. The predicted molar refractivity (Wildman–Crippen MR) is 71.2 cm³/mol. The number of amides is 1. The maximum Gasteiger partial charge on any atom is 0.249 e. The normalized spacial score (nSPS) is 37.2. The Morgan fingerprint density at radius 2 is 2.06 bits per heavy atom. The first-order valence-electron chi connectivity index (χ1n) is 7.29. The molecule has 0 bridgehead atoms. The van der Waals surface area contributed by atoms with Gasteiger partial charge in [0.15, 0.2) is 0 Å². The molecule has 0 aromatic carbocycles. The molecule has 1 amide bonds. The van der Waals surface area contributed by atoms with Crippen LogP contribution in [-0.2, 0) is 9.53 Å². The van der Waals surface area contributed by atoms with Crippen molar-refractivity contribution < 1.29 is 9.53 Å². The molecule has 1 saturated heterocycles. The highest BCUT2D eigenvalue weighted by Crippen LogP contribution is 2.31. The summed E-state index contributed by atoms with van der Waals surface area (Å²) in [5, 5.41) is 3.18. The van der Waals surface area contributed by atoms with E-state index in [2.05, 4.69) is 12.2 Å². The van der Waals surface area contributed by atoms with Gasteiger partial charge >= 0.3 is 0 Å². The van der Waals surface area contributed by atoms with Gasteiger partial charge in [-0.2, -0.15) is 0 Å². The van der Waals surface area contributed by atoms with E-state index in [9.17, 15) is 4.79 Å². The molecular weight excluding hydrogens is 228 g/mol. The summed E-state index contributed by atoms with van der Waals surface area (Å²) < 4.78 is 5.54. The van der Waals surface area contributed by atoms with Gasteiger partial charge in [-0.05, 0) is 50.9 Å². The molecule has 0 radical (unpaired) electrons. The van der Waals surface area contributed by atoms with E-state index in [1.165, 1.54) is 0 Å². The van der Waals surface area contributed by atoms with Crippen molar-refractivity contribution in [2.45, 2.75) is 63.5 Å². The van der Waals surface area contributed by atoms with E-state index in [-0.39, 0.29) is 17.6 Å². The molecule has 104 valence electrons. The van der Waals surface area contributed by atoms with Gasteiger partial charge < -0.3 is 15.8 Å². The zero-order valence-corrected chi connectivity index (χ0v) is 11.4. The van der Waals surface area contributed by atoms with Crippen molar-refractivity contribution in [2.24, 2.45) is 11.7 Å². The third kappa shape index (κ3) is 3.23. The van der Waals surface area contributed by atoms with Gasteiger partial charge in [-0.25, -0.2) is 0 Å². The summed E-state index contributed by atoms with van der Waals surface area (Å²) in [4.78, 5) is 12.2. The van der Waals surface area contributed by atoms with Crippen molar-refractivity contribution in [2.75, 3.05) is 13.2 Å². The minimum Gasteiger partial charge on any atom is -0.368 e. The van der Waals surface area contributed by atoms with E-state index in [4.69, 9.17) is 10.5 Å². The van der Waals surface area contributed by atoms with Crippen molar-refractivity contribution >= 4 is 5.91 Å². The third-order valence-electron chi connectivity index (χ3n) is 4.48. The summed E-state index contributed by atoms with van der Waals surface area (Å²) in [7, 11) is 0. The second kappa shape index (κ2) is 6.02. The van der Waals surface area contributed by atoms with Crippen molar-refractivity contribution in [3.8, 4) is 0 Å². The summed E-state index contributed by atoms with van der Waals surface area (Å²) in [5.41, 5.74) is 5.73. The molecule has 0 aromatic heterocycles. The zero-order chi connectivity index (χ0) is 13.0. The van der Waals surface area contributed by atoms with Crippen LogP contribution in [0.2, 0.25) is 0 Å². The average molecular weight is 254 g/mol. The second-order valence-corrected chi connectivity index (χ2v) is 6.01. The number of hydrogen-bond acceptors (Lipinski definition) is 3. The number of rotatable bonds is 3. The molecule has 2 rings (SSSR count). The monoisotopic (exact) mass is 254 g/mol. The molecule has 1 aliphatic carbocycles. The number of carbonyl (C=O) groups is 1. The lowest BCUT2D eigenvalue weighted by Crippen LogP contribution is -2.58. The van der Waals surface area contributed by atoms with E-state index in [1.807, 2.05) is 0 Å². The summed E-state index contributed by atoms with van der Waals surface area (Å²) >= 11 is 0. The van der Waals surface area contributed by atoms with Gasteiger partial charge in [0, 0.05) is 13.2 Å². The van der Waals surface area contributed by atoms with Crippen molar-refractivity contribution in [1.82, 2.24) is 5.32 Å². The number of nitrogens with two attached hydrogens (primary N) is 1. The predicted octanol–water partition coefficient (Wildman–Crippen LogP) is 1.58. The van der Waals surface area contributed by atoms with Crippen LogP contribution in [0.3, 0.4) is 0 Å². The Bertz CT molecular complexity index is 280. The molecular formula is C14H26N2O2. The van der Waals surface area contributed by atoms with Crippen LogP contribution >= 0.6 is 0 Å². The Kier molecular flexibility index (Phi) is 4.62. The van der Waals surface area contributed by atoms with Gasteiger partial charge in [-0.15, -0.1) is 0 Å². The summed E-state index contributed by atoms with van der Waals surface area (Å²) in [5.74, 6) is 0.808. The Morgan fingerprint density at radius 3 is 2.61 bits per heavy atom. The summed E-state index contributed by atoms with van der Waals surface area (Å²) in [6.07, 6.45) is 7.08. The van der Waals surface area contributed by atoms with Crippen LogP contribution in [0.1, 0.15) is 51.9 Å². The van der Waals surface area contributed by atoms with E-state index >= 15 is 0 Å². The Labute approximate surface area is 110 Å². The number of hydrogen-bond donors (Lipinski definition) is 2. The summed E-state index contributed by atoms with van der Waals surface area (Å²) in [6.45, 7) is 3.52. The molecule has 4 heteroatoms. The molecule has 4 nitrogen and oxygen atoms in total. The fraction of sp³-hybridized carbons (Fsp3) is 0.929. The lowest BCUT2D eigenvalue weighted by atomic mass is 9.77. The smallest absolute Gasteiger partial charge is 0.249 e. The minimum absolute atomic E-state index is 0.0507. The van der Waals surface area contributed by atoms with E-state index in [0.717, 1.165) is 50.9 Å². The first-order chi connectivity index (χ1) is 8.65. The lowest BCUT2D eigenvalue weighted by Gasteiger charge is -2.40. The molecule has 1 saturated carbocycles. The highest BCUT2D eigenvalue weighted by atomic mass is 16.5. The van der Waals surface area contributed by atoms with Gasteiger partial charge in [0.2, 0.25) is 5.91 Å². The maximum atomic E-state index is 12.2. The molecule has 2 fully saturated rings. The van der Waals surface area contributed by atoms with Gasteiger partial charge in [0.25, 0.3) is 0 Å². The van der Waals surface area contributed by atoms with Gasteiger partial charge in [0.05, 0.1) is 5.54 Å². The van der Waals surface area contributed by atoms with Crippen LogP contribution in [0.5, 0.6) is 0 Å². The first-order valence-corrected chi connectivity index (χ1v) is 7.29. The third-order valence-corrected chi connectivity index (χ3v) is 4.48. The van der Waals surface area contributed by atoms with Crippen LogP contribution in [-0.4, -0.2) is 30.7 Å². The quantitative estimate of drug-likeness (QED) is 0.803. The Hall–Kier alpha value is -0.610. The molecule has 18 heavy (non-hydrogen) atoms. The molecule has 1 unspecified atom stereocenters. The molecule has 1 heterocycles. The highest BCUT2D eigenvalue weighted by Gasteiger charge is 2.36. The number of carbonyl (C=O) groups excluding carboxylic acids is 1. The number of nitrogens with one attached hydrogen (secondary N) is 1. The van der Waals surface area contributed by atoms with Crippen LogP contribution in [0.25, 0.3) is 0 Å². The van der Waals surface area contributed by atoms with Crippen LogP contribution in [0, 0.1) is 5.92 Å². The Balaban J connectivity index is 1.90. The molecule has 1 atom stereocenters. The standard InChI is InChI=1S/C14H26N2O2/c1-11-5-7-14(10-15,8-6-11)16-13(17)12-4-2-3-9-18-12/h11-12H,2-10,15H2,1H3,(H,16,17). The van der Waals surface area contributed by atoms with Crippen LogP contribution < -0.4 is 11.1 Å². The first kappa shape index (κ1) is 13.8. The zero-order valence-electron chi connectivity index (χ0n) is 11.4. The molecule has 0 aromatic rings. The van der Waals surface area contributed by atoms with Crippen LogP contribution in [0.15, 0.2) is 0 Å². The topological polar surface area (TPSA) is 64.3 Å². The lowest BCUT2D eigenvalue weighted by molar-refractivity contribution is -0.138. The SMILES string of the molecule is CC1CCC(CN)(NC(=O)C2CCCCO2)CC1.